The molecule has 0 aliphatic carbocycles. The molecule has 0 radical (unpaired) electrons. The summed E-state index contributed by atoms with van der Waals surface area (Å²) in [5.41, 5.74) is 4.06. The first kappa shape index (κ1) is 21.9. The number of carbonyl (C=O) groups is 1. The van der Waals surface area contributed by atoms with E-state index in [1.54, 1.807) is 31.8 Å². The van der Waals surface area contributed by atoms with Gasteiger partial charge in [0.2, 0.25) is 5.91 Å². The number of nitrogens with zero attached hydrogens (tertiary/aromatic N) is 2. The van der Waals surface area contributed by atoms with Crippen LogP contribution in [-0.4, -0.2) is 36.1 Å². The number of carbonyl (C=O) groups excluding carboxylic acids is 1. The minimum Gasteiger partial charge on any atom is -0.497 e. The third-order valence-corrected chi connectivity index (χ3v) is 4.54. The Morgan fingerprint density at radius 3 is 2.42 bits per heavy atom. The highest BCUT2D eigenvalue weighted by Crippen LogP contribution is 2.24. The Kier molecular flexibility index (Phi) is 8.52. The van der Waals surface area contributed by atoms with Gasteiger partial charge in [0.15, 0.2) is 0 Å². The van der Waals surface area contributed by atoms with E-state index < -0.39 is 0 Å². The lowest BCUT2D eigenvalue weighted by atomic mass is 9.99. The summed E-state index contributed by atoms with van der Waals surface area (Å²) in [5, 5.41) is 6.15. The van der Waals surface area contributed by atoms with Crippen molar-refractivity contribution in [2.24, 2.45) is 0 Å². The SMILES string of the molecule is COc1ccc(C(=CC=CC(=O)NCCNCc2cccnc2)c2cccnc2)cc1. The number of methoxy groups -OCH3 is 1. The van der Waals surface area contributed by atoms with Crippen LogP contribution >= 0.6 is 0 Å². The lowest BCUT2D eigenvalue weighted by Crippen LogP contribution is -2.30. The fourth-order valence-corrected chi connectivity index (χ4v) is 2.95. The van der Waals surface area contributed by atoms with E-state index in [1.165, 1.54) is 6.08 Å². The highest BCUT2D eigenvalue weighted by molar-refractivity contribution is 5.89. The second-order valence-corrected chi connectivity index (χ2v) is 6.74. The van der Waals surface area contributed by atoms with Gasteiger partial charge >= 0.3 is 0 Å². The van der Waals surface area contributed by atoms with E-state index in [9.17, 15) is 4.79 Å². The van der Waals surface area contributed by atoms with Crippen LogP contribution in [-0.2, 0) is 11.3 Å². The molecule has 31 heavy (non-hydrogen) atoms. The number of hydrogen-bond acceptors (Lipinski definition) is 5. The van der Waals surface area contributed by atoms with Crippen LogP contribution in [0.3, 0.4) is 0 Å². The van der Waals surface area contributed by atoms with Gasteiger partial charge in [0.25, 0.3) is 0 Å². The molecule has 158 valence electrons. The largest absolute Gasteiger partial charge is 0.497 e. The Bertz CT molecular complexity index is 1000. The standard InChI is InChI=1S/C25H26N4O2/c1-31-23-11-9-21(10-12-23)24(22-6-4-14-27-19-22)7-2-8-25(30)29-16-15-28-18-20-5-3-13-26-17-20/h2-14,17,19,28H,15-16,18H2,1H3,(H,29,30). The fraction of sp³-hybridized carbons (Fsp3) is 0.160. The first-order valence-electron chi connectivity index (χ1n) is 10.1. The molecule has 2 heterocycles. The van der Waals surface area contributed by atoms with Gasteiger partial charge in [-0.2, -0.15) is 0 Å². The number of allylic oxidation sites excluding steroid dienone is 2. The van der Waals surface area contributed by atoms with Crippen molar-refractivity contribution < 1.29 is 9.53 Å². The minimum atomic E-state index is -0.139. The zero-order chi connectivity index (χ0) is 21.7. The number of aromatic nitrogens is 2. The first-order chi connectivity index (χ1) is 15.3. The normalized spacial score (nSPS) is 11.5. The van der Waals surface area contributed by atoms with Crippen LogP contribution in [0.1, 0.15) is 16.7 Å². The maximum atomic E-state index is 12.1. The van der Waals surface area contributed by atoms with Crippen LogP contribution in [0.5, 0.6) is 5.75 Å². The molecule has 2 aromatic heterocycles. The summed E-state index contributed by atoms with van der Waals surface area (Å²) in [6, 6.07) is 15.6. The van der Waals surface area contributed by atoms with E-state index in [2.05, 4.69) is 20.6 Å². The summed E-state index contributed by atoms with van der Waals surface area (Å²) in [6.07, 6.45) is 12.3. The van der Waals surface area contributed by atoms with Crippen molar-refractivity contribution in [2.75, 3.05) is 20.2 Å². The van der Waals surface area contributed by atoms with Crippen molar-refractivity contribution in [1.82, 2.24) is 20.6 Å². The minimum absolute atomic E-state index is 0.139. The summed E-state index contributed by atoms with van der Waals surface area (Å²) in [5.74, 6) is 0.654. The highest BCUT2D eigenvalue weighted by Gasteiger charge is 2.05. The molecular formula is C25H26N4O2. The Hall–Kier alpha value is -3.77. The lowest BCUT2D eigenvalue weighted by Gasteiger charge is -2.08. The molecule has 1 amide bonds. The number of hydrogen-bond donors (Lipinski definition) is 2. The zero-order valence-corrected chi connectivity index (χ0v) is 17.5. The molecule has 0 aliphatic rings. The number of ether oxygens (including phenoxy) is 1. The van der Waals surface area contributed by atoms with Crippen molar-refractivity contribution in [1.29, 1.82) is 0 Å². The summed E-state index contributed by atoms with van der Waals surface area (Å²) in [4.78, 5) is 20.4. The maximum Gasteiger partial charge on any atom is 0.244 e. The van der Waals surface area contributed by atoms with Crippen molar-refractivity contribution in [3.05, 3.63) is 108 Å². The van der Waals surface area contributed by atoms with Gasteiger partial charge in [-0.1, -0.05) is 36.4 Å². The molecule has 0 saturated heterocycles. The molecule has 0 unspecified atom stereocenters. The lowest BCUT2D eigenvalue weighted by molar-refractivity contribution is -0.116. The van der Waals surface area contributed by atoms with Gasteiger partial charge in [0.05, 0.1) is 7.11 Å². The van der Waals surface area contributed by atoms with E-state index in [1.807, 2.05) is 60.8 Å². The number of benzene rings is 1. The summed E-state index contributed by atoms with van der Waals surface area (Å²) < 4.78 is 5.24. The van der Waals surface area contributed by atoms with E-state index in [0.717, 1.165) is 34.6 Å². The van der Waals surface area contributed by atoms with Gasteiger partial charge in [-0.25, -0.2) is 0 Å². The number of nitrogens with one attached hydrogen (secondary N) is 2. The fourth-order valence-electron chi connectivity index (χ4n) is 2.95. The molecule has 0 fully saturated rings. The van der Waals surface area contributed by atoms with Crippen LogP contribution in [0.2, 0.25) is 0 Å². The highest BCUT2D eigenvalue weighted by atomic mass is 16.5. The average molecular weight is 415 g/mol. The molecule has 0 saturated carbocycles. The molecule has 2 N–H and O–H groups in total. The second kappa shape index (κ2) is 12.0. The van der Waals surface area contributed by atoms with Crippen LogP contribution in [0.15, 0.2) is 91.5 Å². The maximum absolute atomic E-state index is 12.1. The topological polar surface area (TPSA) is 76.1 Å². The smallest absolute Gasteiger partial charge is 0.244 e. The second-order valence-electron chi connectivity index (χ2n) is 6.74. The predicted octanol–water partition coefficient (Wildman–Crippen LogP) is 3.38. The molecule has 3 rings (SSSR count). The molecule has 6 heteroatoms. The summed E-state index contributed by atoms with van der Waals surface area (Å²) in [7, 11) is 1.64. The Labute approximate surface area is 182 Å². The summed E-state index contributed by atoms with van der Waals surface area (Å²) in [6.45, 7) is 1.94. The number of pyridine rings is 2. The van der Waals surface area contributed by atoms with E-state index in [-0.39, 0.29) is 5.91 Å². The van der Waals surface area contributed by atoms with Crippen molar-refractivity contribution in [3.63, 3.8) is 0 Å². The summed E-state index contributed by atoms with van der Waals surface area (Å²) >= 11 is 0. The van der Waals surface area contributed by atoms with Crippen LogP contribution < -0.4 is 15.4 Å². The van der Waals surface area contributed by atoms with Crippen molar-refractivity contribution in [2.45, 2.75) is 6.54 Å². The number of rotatable bonds is 10. The zero-order valence-electron chi connectivity index (χ0n) is 17.5. The van der Waals surface area contributed by atoms with Gasteiger partial charge in [0.1, 0.15) is 5.75 Å². The molecule has 0 atom stereocenters. The van der Waals surface area contributed by atoms with Gasteiger partial charge in [-0.15, -0.1) is 0 Å². The Morgan fingerprint density at radius 2 is 1.74 bits per heavy atom. The van der Waals surface area contributed by atoms with Gasteiger partial charge < -0.3 is 15.4 Å². The molecular weight excluding hydrogens is 388 g/mol. The van der Waals surface area contributed by atoms with Gasteiger partial charge in [-0.3, -0.25) is 14.8 Å². The van der Waals surface area contributed by atoms with Gasteiger partial charge in [0, 0.05) is 56.1 Å². The van der Waals surface area contributed by atoms with Crippen LogP contribution in [0.25, 0.3) is 5.57 Å². The first-order valence-corrected chi connectivity index (χ1v) is 10.1. The number of amides is 1. The predicted molar refractivity (Wildman–Crippen MR) is 122 cm³/mol. The molecule has 0 spiro atoms. The Morgan fingerprint density at radius 1 is 0.968 bits per heavy atom. The van der Waals surface area contributed by atoms with Crippen molar-refractivity contribution in [3.8, 4) is 5.75 Å². The van der Waals surface area contributed by atoms with E-state index >= 15 is 0 Å². The Balaban J connectivity index is 1.55. The molecule has 0 aliphatic heterocycles. The average Bonchev–Trinajstić information content (AvgIpc) is 2.83. The molecule has 0 bridgehead atoms. The molecule has 1 aromatic carbocycles. The third-order valence-electron chi connectivity index (χ3n) is 4.54. The molecule has 6 nitrogen and oxygen atoms in total. The van der Waals surface area contributed by atoms with Gasteiger partial charge in [-0.05, 0) is 41.0 Å². The monoisotopic (exact) mass is 414 g/mol. The quantitative estimate of drug-likeness (QED) is 0.302. The van der Waals surface area contributed by atoms with Crippen LogP contribution in [0.4, 0.5) is 0 Å². The van der Waals surface area contributed by atoms with E-state index in [4.69, 9.17) is 4.74 Å². The third kappa shape index (κ3) is 7.21. The molecule has 3 aromatic rings. The van der Waals surface area contributed by atoms with E-state index in [0.29, 0.717) is 13.1 Å². The van der Waals surface area contributed by atoms with Crippen LogP contribution in [0, 0.1) is 0 Å². The van der Waals surface area contributed by atoms with Crippen molar-refractivity contribution >= 4 is 11.5 Å².